The molecule has 0 atom stereocenters. The molecule has 0 amide bonds. The lowest BCUT2D eigenvalue weighted by Crippen LogP contribution is -2.46. The van der Waals surface area contributed by atoms with Gasteiger partial charge in [-0.1, -0.05) is 12.1 Å². The van der Waals surface area contributed by atoms with Crippen LogP contribution in [-0.4, -0.2) is 41.3 Å². The maximum atomic E-state index is 5.82. The Kier molecular flexibility index (Phi) is 7.38. The van der Waals surface area contributed by atoms with Gasteiger partial charge in [0.05, 0.1) is 0 Å². The van der Waals surface area contributed by atoms with Crippen LogP contribution in [0, 0.1) is 0 Å². The van der Waals surface area contributed by atoms with Gasteiger partial charge in [0.1, 0.15) is 0 Å². The van der Waals surface area contributed by atoms with Gasteiger partial charge >= 0.3 is 0 Å². The largest absolute Gasteiger partial charge is 0.399 e. The van der Waals surface area contributed by atoms with E-state index >= 15 is 0 Å². The first-order valence-corrected chi connectivity index (χ1v) is 6.91. The third-order valence-electron chi connectivity index (χ3n) is 3.61. The Hall–Kier alpha value is -1.56. The van der Waals surface area contributed by atoms with Crippen molar-refractivity contribution in [2.45, 2.75) is 6.54 Å². The van der Waals surface area contributed by atoms with E-state index in [9.17, 15) is 0 Å². The van der Waals surface area contributed by atoms with Gasteiger partial charge in [-0.2, -0.15) is 5.10 Å². The van der Waals surface area contributed by atoms with Gasteiger partial charge in [-0.3, -0.25) is 4.90 Å². The van der Waals surface area contributed by atoms with Gasteiger partial charge in [0.15, 0.2) is 5.82 Å². The van der Waals surface area contributed by atoms with Gasteiger partial charge in [0.2, 0.25) is 0 Å². The highest BCUT2D eigenvalue weighted by Crippen LogP contribution is 2.14. The van der Waals surface area contributed by atoms with E-state index in [1.807, 2.05) is 24.3 Å². The SMILES string of the molecule is Cl.Cl.Nc1cccc(CN2CCN(c3cccnn3)CC2)c1. The Bertz CT molecular complexity index is 559. The van der Waals surface area contributed by atoms with Crippen LogP contribution in [0.15, 0.2) is 42.6 Å². The number of nitrogen functional groups attached to an aromatic ring is 1. The summed E-state index contributed by atoms with van der Waals surface area (Å²) in [4.78, 5) is 4.73. The van der Waals surface area contributed by atoms with Crippen LogP contribution in [0.5, 0.6) is 0 Å². The van der Waals surface area contributed by atoms with Crippen LogP contribution in [0.1, 0.15) is 5.56 Å². The number of halogens is 2. The highest BCUT2D eigenvalue weighted by atomic mass is 35.5. The summed E-state index contributed by atoms with van der Waals surface area (Å²) in [6.07, 6.45) is 1.71. The standard InChI is InChI=1S/C15H19N5.2ClH/c16-14-4-1-3-13(11-14)12-19-7-9-20(10-8-19)15-5-2-6-17-18-15;;/h1-6,11H,7-10,12,16H2;2*1H. The number of aromatic nitrogens is 2. The molecule has 1 aliphatic heterocycles. The molecule has 0 unspecified atom stereocenters. The predicted molar refractivity (Wildman–Crippen MR) is 94.9 cm³/mol. The normalized spacial score (nSPS) is 14.8. The number of nitrogens with zero attached hydrogens (tertiary/aromatic N) is 4. The maximum Gasteiger partial charge on any atom is 0.151 e. The molecular formula is C15H21Cl2N5. The second-order valence-corrected chi connectivity index (χ2v) is 5.09. The Morgan fingerprint density at radius 3 is 2.41 bits per heavy atom. The number of piperazine rings is 1. The number of hydrogen-bond acceptors (Lipinski definition) is 5. The zero-order valence-corrected chi connectivity index (χ0v) is 13.9. The van der Waals surface area contributed by atoms with E-state index in [2.05, 4.69) is 32.1 Å². The zero-order valence-electron chi connectivity index (χ0n) is 12.3. The van der Waals surface area contributed by atoms with Crippen molar-refractivity contribution in [3.8, 4) is 0 Å². The van der Waals surface area contributed by atoms with Crippen molar-refractivity contribution >= 4 is 36.3 Å². The van der Waals surface area contributed by atoms with E-state index < -0.39 is 0 Å². The molecule has 3 rings (SSSR count). The van der Waals surface area contributed by atoms with Gasteiger partial charge in [0.25, 0.3) is 0 Å². The van der Waals surface area contributed by atoms with Crippen LogP contribution >= 0.6 is 24.8 Å². The lowest BCUT2D eigenvalue weighted by atomic mass is 10.2. The van der Waals surface area contributed by atoms with Crippen molar-refractivity contribution in [2.75, 3.05) is 36.8 Å². The predicted octanol–water partition coefficient (Wildman–Crippen LogP) is 2.22. The first-order valence-electron chi connectivity index (χ1n) is 6.91. The van der Waals surface area contributed by atoms with E-state index in [1.54, 1.807) is 6.20 Å². The summed E-state index contributed by atoms with van der Waals surface area (Å²) < 4.78 is 0. The number of anilines is 2. The van der Waals surface area contributed by atoms with Gasteiger partial charge in [-0.15, -0.1) is 29.9 Å². The molecular weight excluding hydrogens is 321 g/mol. The Morgan fingerprint density at radius 2 is 1.77 bits per heavy atom. The van der Waals surface area contributed by atoms with Crippen LogP contribution in [0.4, 0.5) is 11.5 Å². The molecule has 0 bridgehead atoms. The van der Waals surface area contributed by atoms with E-state index in [0.717, 1.165) is 44.2 Å². The summed E-state index contributed by atoms with van der Waals surface area (Å²) in [5.41, 5.74) is 7.93. The number of hydrogen-bond donors (Lipinski definition) is 1. The highest BCUT2D eigenvalue weighted by molar-refractivity contribution is 5.85. The van der Waals surface area contributed by atoms with Gasteiger partial charge < -0.3 is 10.6 Å². The first-order chi connectivity index (χ1) is 9.81. The molecule has 1 aliphatic rings. The monoisotopic (exact) mass is 341 g/mol. The van der Waals surface area contributed by atoms with Gasteiger partial charge in [0, 0.05) is 44.6 Å². The molecule has 2 aromatic rings. The summed E-state index contributed by atoms with van der Waals surface area (Å²) in [5, 5.41) is 8.10. The molecule has 1 aromatic carbocycles. The summed E-state index contributed by atoms with van der Waals surface area (Å²) in [5.74, 6) is 0.969. The molecule has 5 nitrogen and oxygen atoms in total. The van der Waals surface area contributed by atoms with E-state index in [-0.39, 0.29) is 24.8 Å². The quantitative estimate of drug-likeness (QED) is 0.867. The molecule has 0 aliphatic carbocycles. The van der Waals surface area contributed by atoms with Crippen molar-refractivity contribution in [3.63, 3.8) is 0 Å². The topological polar surface area (TPSA) is 58.3 Å². The molecule has 22 heavy (non-hydrogen) atoms. The Labute approximate surface area is 143 Å². The second-order valence-electron chi connectivity index (χ2n) is 5.09. The van der Waals surface area contributed by atoms with E-state index in [1.165, 1.54) is 5.56 Å². The zero-order chi connectivity index (χ0) is 13.8. The minimum atomic E-state index is 0. The molecule has 1 aromatic heterocycles. The summed E-state index contributed by atoms with van der Waals surface area (Å²) in [7, 11) is 0. The minimum absolute atomic E-state index is 0. The molecule has 2 heterocycles. The summed E-state index contributed by atoms with van der Waals surface area (Å²) >= 11 is 0. The van der Waals surface area contributed by atoms with E-state index in [0.29, 0.717) is 0 Å². The number of rotatable bonds is 3. The van der Waals surface area contributed by atoms with Crippen molar-refractivity contribution in [1.82, 2.24) is 15.1 Å². The first kappa shape index (κ1) is 18.5. The smallest absolute Gasteiger partial charge is 0.151 e. The van der Waals surface area contributed by atoms with E-state index in [4.69, 9.17) is 5.73 Å². The third-order valence-corrected chi connectivity index (χ3v) is 3.61. The fraction of sp³-hybridized carbons (Fsp3) is 0.333. The maximum absolute atomic E-state index is 5.82. The molecule has 0 saturated carbocycles. The Balaban J connectivity index is 0.00000121. The van der Waals surface area contributed by atoms with Crippen LogP contribution in [0.3, 0.4) is 0 Å². The van der Waals surface area contributed by atoms with Crippen LogP contribution in [-0.2, 0) is 6.54 Å². The lowest BCUT2D eigenvalue weighted by molar-refractivity contribution is 0.249. The van der Waals surface area contributed by atoms with Gasteiger partial charge in [-0.05, 0) is 29.8 Å². The van der Waals surface area contributed by atoms with Crippen LogP contribution < -0.4 is 10.6 Å². The van der Waals surface area contributed by atoms with Crippen molar-refractivity contribution in [3.05, 3.63) is 48.2 Å². The average molecular weight is 342 g/mol. The number of nitrogens with two attached hydrogens (primary N) is 1. The lowest BCUT2D eigenvalue weighted by Gasteiger charge is -2.35. The molecule has 120 valence electrons. The molecule has 0 spiro atoms. The third kappa shape index (κ3) is 4.73. The molecule has 2 N–H and O–H groups in total. The van der Waals surface area contributed by atoms with Crippen LogP contribution in [0.25, 0.3) is 0 Å². The Morgan fingerprint density at radius 1 is 1.00 bits per heavy atom. The van der Waals surface area contributed by atoms with Crippen molar-refractivity contribution in [2.24, 2.45) is 0 Å². The second kappa shape index (κ2) is 8.78. The number of benzene rings is 1. The van der Waals surface area contributed by atoms with Crippen molar-refractivity contribution in [1.29, 1.82) is 0 Å². The molecule has 1 fully saturated rings. The minimum Gasteiger partial charge on any atom is -0.399 e. The molecule has 7 heteroatoms. The van der Waals surface area contributed by atoms with Crippen LogP contribution in [0.2, 0.25) is 0 Å². The molecule has 0 radical (unpaired) electrons. The van der Waals surface area contributed by atoms with Gasteiger partial charge in [-0.25, -0.2) is 0 Å². The molecule has 1 saturated heterocycles. The highest BCUT2D eigenvalue weighted by Gasteiger charge is 2.18. The summed E-state index contributed by atoms with van der Waals surface area (Å²) in [6.45, 7) is 5.00. The van der Waals surface area contributed by atoms with Crippen molar-refractivity contribution < 1.29 is 0 Å². The average Bonchev–Trinajstić information content (AvgIpc) is 2.49. The fourth-order valence-corrected chi connectivity index (χ4v) is 2.55. The fourth-order valence-electron chi connectivity index (χ4n) is 2.55. The summed E-state index contributed by atoms with van der Waals surface area (Å²) in [6, 6.07) is 12.1.